The van der Waals surface area contributed by atoms with Gasteiger partial charge in [-0.15, -0.1) is 13.2 Å². The molecular weight excluding hydrogens is 507 g/mol. The lowest BCUT2D eigenvalue weighted by atomic mass is 9.81. The number of hydrogen-bond acceptors (Lipinski definition) is 8. The quantitative estimate of drug-likeness (QED) is 0.180. The van der Waals surface area contributed by atoms with Crippen molar-refractivity contribution in [2.24, 2.45) is 10.9 Å². The molecule has 0 radical (unpaired) electrons. The van der Waals surface area contributed by atoms with Crippen LogP contribution in [0, 0.1) is 5.92 Å². The Balaban J connectivity index is 1.35. The highest BCUT2D eigenvalue weighted by atomic mass is 32.1. The maximum atomic E-state index is 13.0. The molecule has 1 aromatic carbocycles. The standard InChI is InChI=1S/C26H26F3N3O4S/c27-26(28,29)35-22-7-2-1-6-20(22)23-21(24(36-32-23)17-8-9-17)15-34-18(12-16-4-3-5-16)10-11-30-25-31-13-19(14-33)37-25/h1-2,6-7,11,13-14,16-18H,3-5,8-10,12,15H2/b30-11-/t18-/m1/s1. The van der Waals surface area contributed by atoms with E-state index in [1.807, 2.05) is 0 Å². The van der Waals surface area contributed by atoms with E-state index in [1.54, 1.807) is 18.3 Å². The summed E-state index contributed by atoms with van der Waals surface area (Å²) in [6.07, 6.45) is 5.80. The first-order valence-corrected chi connectivity index (χ1v) is 13.1. The zero-order valence-electron chi connectivity index (χ0n) is 19.9. The van der Waals surface area contributed by atoms with Gasteiger partial charge in [-0.05, 0) is 37.3 Å². The summed E-state index contributed by atoms with van der Waals surface area (Å²) in [5.74, 6) is 1.10. The Morgan fingerprint density at radius 1 is 1.22 bits per heavy atom. The van der Waals surface area contributed by atoms with Crippen molar-refractivity contribution in [3.8, 4) is 17.0 Å². The molecule has 0 N–H and O–H groups in total. The maximum absolute atomic E-state index is 13.0. The molecule has 5 rings (SSSR count). The number of para-hydroxylation sites is 1. The number of benzene rings is 1. The van der Waals surface area contributed by atoms with E-state index >= 15 is 0 Å². The lowest BCUT2D eigenvalue weighted by Gasteiger charge is -2.29. The van der Waals surface area contributed by atoms with Crippen LogP contribution in [-0.2, 0) is 11.3 Å². The molecule has 0 amide bonds. The number of ether oxygens (including phenoxy) is 2. The van der Waals surface area contributed by atoms with Crippen molar-refractivity contribution in [1.82, 2.24) is 10.1 Å². The summed E-state index contributed by atoms with van der Waals surface area (Å²) in [7, 11) is 0. The second-order valence-electron chi connectivity index (χ2n) is 9.37. The van der Waals surface area contributed by atoms with E-state index in [0.29, 0.717) is 39.4 Å². The fraction of sp³-hybridized carbons (Fsp3) is 0.462. The van der Waals surface area contributed by atoms with E-state index < -0.39 is 6.36 Å². The number of alkyl halides is 3. The first-order valence-electron chi connectivity index (χ1n) is 12.3. The molecule has 0 bridgehead atoms. The van der Waals surface area contributed by atoms with Crippen molar-refractivity contribution in [1.29, 1.82) is 0 Å². The number of hydrogen-bond donors (Lipinski definition) is 0. The zero-order chi connectivity index (χ0) is 25.8. The lowest BCUT2D eigenvalue weighted by Crippen LogP contribution is -2.22. The average Bonchev–Trinajstić information content (AvgIpc) is 3.43. The van der Waals surface area contributed by atoms with Gasteiger partial charge in [0, 0.05) is 29.7 Å². The lowest BCUT2D eigenvalue weighted by molar-refractivity contribution is -0.274. The fourth-order valence-electron chi connectivity index (χ4n) is 4.39. The Labute approximate surface area is 215 Å². The number of halogens is 3. The second kappa shape index (κ2) is 11.1. The van der Waals surface area contributed by atoms with Gasteiger partial charge >= 0.3 is 6.36 Å². The first-order chi connectivity index (χ1) is 17.9. The van der Waals surface area contributed by atoms with Crippen molar-refractivity contribution in [2.45, 2.75) is 69.9 Å². The third-order valence-electron chi connectivity index (χ3n) is 6.62. The Morgan fingerprint density at radius 2 is 2.03 bits per heavy atom. The van der Waals surface area contributed by atoms with Gasteiger partial charge in [0.05, 0.1) is 23.8 Å². The molecule has 37 heavy (non-hydrogen) atoms. The van der Waals surface area contributed by atoms with Gasteiger partial charge in [0.25, 0.3) is 0 Å². The number of aliphatic imine (C=N–C) groups is 1. The van der Waals surface area contributed by atoms with Crippen molar-refractivity contribution in [3.63, 3.8) is 0 Å². The SMILES string of the molecule is O=Cc1cnc(/N=C\C[C@H](CC2CCC2)OCc2c(-c3ccccc3OC(F)(F)F)noc2C2CC2)s1. The minimum absolute atomic E-state index is 0.143. The van der Waals surface area contributed by atoms with Crippen molar-refractivity contribution in [2.75, 3.05) is 0 Å². The normalized spacial score (nSPS) is 17.2. The summed E-state index contributed by atoms with van der Waals surface area (Å²) in [5.41, 5.74) is 1.18. The number of aldehydes is 1. The van der Waals surface area contributed by atoms with E-state index in [-0.39, 0.29) is 29.9 Å². The molecule has 0 aliphatic heterocycles. The van der Waals surface area contributed by atoms with Crippen LogP contribution in [0.3, 0.4) is 0 Å². The Hall–Kier alpha value is -3.05. The molecule has 3 aromatic rings. The highest BCUT2D eigenvalue weighted by Crippen LogP contribution is 2.46. The molecule has 0 saturated heterocycles. The Kier molecular flexibility index (Phi) is 7.71. The molecule has 7 nitrogen and oxygen atoms in total. The molecule has 2 fully saturated rings. The molecule has 0 spiro atoms. The Bertz CT molecular complexity index is 1250. The molecule has 2 heterocycles. The van der Waals surface area contributed by atoms with Crippen LogP contribution < -0.4 is 4.74 Å². The van der Waals surface area contributed by atoms with E-state index in [4.69, 9.17) is 9.26 Å². The topological polar surface area (TPSA) is 86.8 Å². The van der Waals surface area contributed by atoms with E-state index in [9.17, 15) is 18.0 Å². The number of rotatable bonds is 12. The average molecular weight is 534 g/mol. The van der Waals surface area contributed by atoms with Crippen LogP contribution in [0.1, 0.15) is 71.9 Å². The van der Waals surface area contributed by atoms with E-state index in [2.05, 4.69) is 19.9 Å². The van der Waals surface area contributed by atoms with Gasteiger partial charge in [0.15, 0.2) is 6.29 Å². The van der Waals surface area contributed by atoms with Gasteiger partial charge in [0.1, 0.15) is 17.2 Å². The number of aromatic nitrogens is 2. The van der Waals surface area contributed by atoms with Crippen molar-refractivity contribution < 1.29 is 32.0 Å². The monoisotopic (exact) mass is 533 g/mol. The summed E-state index contributed by atoms with van der Waals surface area (Å²) in [6, 6.07) is 5.93. The van der Waals surface area contributed by atoms with Crippen LogP contribution in [0.25, 0.3) is 11.3 Å². The van der Waals surface area contributed by atoms with Gasteiger partial charge in [0.2, 0.25) is 5.13 Å². The fourth-order valence-corrected chi connectivity index (χ4v) is 4.99. The predicted molar refractivity (Wildman–Crippen MR) is 131 cm³/mol. The highest BCUT2D eigenvalue weighted by molar-refractivity contribution is 7.16. The van der Waals surface area contributed by atoms with Crippen molar-refractivity contribution >= 4 is 29.0 Å². The minimum Gasteiger partial charge on any atom is -0.405 e. The van der Waals surface area contributed by atoms with Gasteiger partial charge in [-0.25, -0.2) is 9.98 Å². The highest BCUT2D eigenvalue weighted by Gasteiger charge is 2.36. The van der Waals surface area contributed by atoms with Gasteiger partial charge < -0.3 is 14.0 Å². The largest absolute Gasteiger partial charge is 0.573 e. The molecule has 0 unspecified atom stereocenters. The van der Waals surface area contributed by atoms with E-state index in [1.165, 1.54) is 36.1 Å². The molecular formula is C26H26F3N3O4S. The van der Waals surface area contributed by atoms with Crippen LogP contribution in [0.2, 0.25) is 0 Å². The third-order valence-corrected chi connectivity index (χ3v) is 7.45. The summed E-state index contributed by atoms with van der Waals surface area (Å²) in [4.78, 5) is 19.9. The molecule has 1 atom stereocenters. The van der Waals surface area contributed by atoms with Crippen LogP contribution >= 0.6 is 11.3 Å². The number of nitrogens with zero attached hydrogens (tertiary/aromatic N) is 3. The summed E-state index contributed by atoms with van der Waals surface area (Å²) >= 11 is 1.21. The summed E-state index contributed by atoms with van der Waals surface area (Å²) in [5, 5.41) is 4.66. The minimum atomic E-state index is -4.83. The van der Waals surface area contributed by atoms with Crippen molar-refractivity contribution in [3.05, 3.63) is 46.7 Å². The molecule has 11 heteroatoms. The molecule has 2 aliphatic carbocycles. The van der Waals surface area contributed by atoms with Crippen LogP contribution in [0.5, 0.6) is 5.75 Å². The maximum Gasteiger partial charge on any atom is 0.573 e. The Morgan fingerprint density at radius 3 is 2.70 bits per heavy atom. The number of thiazole rings is 1. The smallest absolute Gasteiger partial charge is 0.405 e. The molecule has 2 aromatic heterocycles. The third kappa shape index (κ3) is 6.64. The van der Waals surface area contributed by atoms with Crippen LogP contribution in [0.15, 0.2) is 40.0 Å². The van der Waals surface area contributed by atoms with Gasteiger partial charge in [-0.3, -0.25) is 4.79 Å². The zero-order valence-corrected chi connectivity index (χ0v) is 20.8. The van der Waals surface area contributed by atoms with Crippen LogP contribution in [0.4, 0.5) is 18.3 Å². The predicted octanol–water partition coefficient (Wildman–Crippen LogP) is 7.25. The first kappa shape index (κ1) is 25.6. The van der Waals surface area contributed by atoms with Crippen LogP contribution in [-0.4, -0.2) is 35.1 Å². The molecule has 196 valence electrons. The van der Waals surface area contributed by atoms with Gasteiger partial charge in [-0.2, -0.15) is 0 Å². The summed E-state index contributed by atoms with van der Waals surface area (Å²) < 4.78 is 55.3. The molecule has 2 saturated carbocycles. The second-order valence-corrected chi connectivity index (χ2v) is 10.4. The number of carbonyl (C=O) groups excluding carboxylic acids is 1. The van der Waals surface area contributed by atoms with Gasteiger partial charge in [-0.1, -0.05) is 47.9 Å². The number of carbonyl (C=O) groups is 1. The summed E-state index contributed by atoms with van der Waals surface area (Å²) in [6.45, 7) is 0.156. The van der Waals surface area contributed by atoms with E-state index in [0.717, 1.165) is 38.4 Å². The molecule has 2 aliphatic rings.